The molecule has 1 N–H and O–H groups in total. The Bertz CT molecular complexity index is 463. The third-order valence-corrected chi connectivity index (χ3v) is 3.69. The molecule has 110 valence electrons. The molecule has 1 amide bonds. The molecule has 5 nitrogen and oxygen atoms in total. The van der Waals surface area contributed by atoms with Gasteiger partial charge in [0.1, 0.15) is 5.82 Å². The molecule has 1 aromatic heterocycles. The number of nitrogens with one attached hydrogen (secondary N) is 1. The highest BCUT2D eigenvalue weighted by Crippen LogP contribution is 2.18. The molecule has 0 bridgehead atoms. The predicted molar refractivity (Wildman–Crippen MR) is 81.0 cm³/mol. The van der Waals surface area contributed by atoms with Crippen LogP contribution < -0.4 is 5.32 Å². The lowest BCUT2D eigenvalue weighted by Crippen LogP contribution is -2.42. The van der Waals surface area contributed by atoms with Gasteiger partial charge in [0.15, 0.2) is 0 Å². The van der Waals surface area contributed by atoms with E-state index in [9.17, 15) is 4.79 Å². The van der Waals surface area contributed by atoms with E-state index in [1.807, 2.05) is 24.0 Å². The maximum absolute atomic E-state index is 12.8. The Hall–Kier alpha value is -1.62. The fourth-order valence-corrected chi connectivity index (χ4v) is 2.71. The summed E-state index contributed by atoms with van der Waals surface area (Å²) in [5.41, 5.74) is 0.672. The minimum absolute atomic E-state index is 0.0804. The molecule has 1 aliphatic rings. The SMILES string of the molecule is CCNc1ncccc1C(=O)N1CCCN(C)CC1C. The topological polar surface area (TPSA) is 48.5 Å². The molecule has 0 spiro atoms. The van der Waals surface area contributed by atoms with Crippen molar-refractivity contribution in [3.63, 3.8) is 0 Å². The first-order chi connectivity index (χ1) is 9.63. The lowest BCUT2D eigenvalue weighted by atomic mass is 10.1. The second-order valence-corrected chi connectivity index (χ2v) is 5.39. The van der Waals surface area contributed by atoms with Crippen molar-refractivity contribution >= 4 is 11.7 Å². The summed E-state index contributed by atoms with van der Waals surface area (Å²) in [5.74, 6) is 0.765. The number of nitrogens with zero attached hydrogens (tertiary/aromatic N) is 3. The number of aromatic nitrogens is 1. The molecular weight excluding hydrogens is 252 g/mol. The average Bonchev–Trinajstić information content (AvgIpc) is 2.59. The third-order valence-electron chi connectivity index (χ3n) is 3.69. The van der Waals surface area contributed by atoms with Gasteiger partial charge in [-0.05, 0) is 46.0 Å². The van der Waals surface area contributed by atoms with Crippen LogP contribution >= 0.6 is 0 Å². The van der Waals surface area contributed by atoms with Crippen LogP contribution in [0, 0.1) is 0 Å². The molecule has 1 aliphatic heterocycles. The van der Waals surface area contributed by atoms with Gasteiger partial charge in [0, 0.05) is 31.9 Å². The summed E-state index contributed by atoms with van der Waals surface area (Å²) in [6.45, 7) is 7.65. The van der Waals surface area contributed by atoms with Gasteiger partial charge in [-0.15, -0.1) is 0 Å². The molecule has 2 rings (SSSR count). The predicted octanol–water partition coefficient (Wildman–Crippen LogP) is 1.68. The van der Waals surface area contributed by atoms with Crippen molar-refractivity contribution in [3.05, 3.63) is 23.9 Å². The fourth-order valence-electron chi connectivity index (χ4n) is 2.71. The average molecular weight is 276 g/mol. The molecular formula is C15H24N4O. The van der Waals surface area contributed by atoms with Crippen LogP contribution in [0.5, 0.6) is 0 Å². The molecule has 1 fully saturated rings. The summed E-state index contributed by atoms with van der Waals surface area (Å²) in [4.78, 5) is 21.3. The van der Waals surface area contributed by atoms with E-state index in [1.165, 1.54) is 0 Å². The zero-order valence-corrected chi connectivity index (χ0v) is 12.6. The molecule has 20 heavy (non-hydrogen) atoms. The summed E-state index contributed by atoms with van der Waals surface area (Å²) in [6.07, 6.45) is 2.73. The highest BCUT2D eigenvalue weighted by atomic mass is 16.2. The molecule has 5 heteroatoms. The maximum atomic E-state index is 12.8. The Kier molecular flexibility index (Phi) is 4.95. The molecule has 0 saturated carbocycles. The summed E-state index contributed by atoms with van der Waals surface area (Å²) >= 11 is 0. The number of hydrogen-bond acceptors (Lipinski definition) is 4. The van der Waals surface area contributed by atoms with Crippen LogP contribution in [0.1, 0.15) is 30.6 Å². The van der Waals surface area contributed by atoms with Crippen LogP contribution in [0.3, 0.4) is 0 Å². The first kappa shape index (κ1) is 14.8. The first-order valence-corrected chi connectivity index (χ1v) is 7.32. The number of rotatable bonds is 3. The molecule has 1 atom stereocenters. The third kappa shape index (κ3) is 3.28. The number of amides is 1. The van der Waals surface area contributed by atoms with E-state index in [2.05, 4.69) is 29.2 Å². The van der Waals surface area contributed by atoms with Crippen molar-refractivity contribution in [2.45, 2.75) is 26.3 Å². The van der Waals surface area contributed by atoms with Gasteiger partial charge in [-0.25, -0.2) is 4.98 Å². The molecule has 0 radical (unpaired) electrons. The Morgan fingerprint density at radius 3 is 3.05 bits per heavy atom. The van der Waals surface area contributed by atoms with Gasteiger partial charge in [0.05, 0.1) is 5.56 Å². The minimum Gasteiger partial charge on any atom is -0.370 e. The smallest absolute Gasteiger partial charge is 0.257 e. The van der Waals surface area contributed by atoms with Crippen LogP contribution in [0.25, 0.3) is 0 Å². The van der Waals surface area contributed by atoms with Crippen molar-refractivity contribution in [2.24, 2.45) is 0 Å². The normalized spacial score (nSPS) is 20.6. The van der Waals surface area contributed by atoms with Crippen molar-refractivity contribution < 1.29 is 4.79 Å². The van der Waals surface area contributed by atoms with Gasteiger partial charge in [-0.3, -0.25) is 4.79 Å². The summed E-state index contributed by atoms with van der Waals surface area (Å²) < 4.78 is 0. The van der Waals surface area contributed by atoms with Crippen LogP contribution in [0.2, 0.25) is 0 Å². The maximum Gasteiger partial charge on any atom is 0.257 e. The monoisotopic (exact) mass is 276 g/mol. The first-order valence-electron chi connectivity index (χ1n) is 7.32. The van der Waals surface area contributed by atoms with Gasteiger partial charge < -0.3 is 15.1 Å². The molecule has 0 aromatic carbocycles. The zero-order chi connectivity index (χ0) is 14.5. The summed E-state index contributed by atoms with van der Waals surface area (Å²) in [5, 5.41) is 3.17. The van der Waals surface area contributed by atoms with Crippen molar-refractivity contribution in [1.82, 2.24) is 14.8 Å². The van der Waals surface area contributed by atoms with Gasteiger partial charge in [-0.1, -0.05) is 0 Å². The highest BCUT2D eigenvalue weighted by molar-refractivity contribution is 5.98. The van der Waals surface area contributed by atoms with Crippen molar-refractivity contribution in [1.29, 1.82) is 0 Å². The number of anilines is 1. The van der Waals surface area contributed by atoms with Crippen LogP contribution in [0.15, 0.2) is 18.3 Å². The Labute approximate surface area is 121 Å². The van der Waals surface area contributed by atoms with E-state index in [-0.39, 0.29) is 11.9 Å². The van der Waals surface area contributed by atoms with Gasteiger partial charge in [0.2, 0.25) is 0 Å². The number of carbonyl (C=O) groups is 1. The number of likely N-dealkylation sites (N-methyl/N-ethyl adjacent to an activating group) is 1. The molecule has 1 unspecified atom stereocenters. The lowest BCUT2D eigenvalue weighted by Gasteiger charge is -2.28. The molecule has 0 aliphatic carbocycles. The minimum atomic E-state index is 0.0804. The summed E-state index contributed by atoms with van der Waals surface area (Å²) in [7, 11) is 2.11. The zero-order valence-electron chi connectivity index (χ0n) is 12.6. The van der Waals surface area contributed by atoms with Crippen molar-refractivity contribution in [3.8, 4) is 0 Å². The molecule has 2 heterocycles. The molecule has 1 saturated heterocycles. The Morgan fingerprint density at radius 1 is 1.50 bits per heavy atom. The lowest BCUT2D eigenvalue weighted by molar-refractivity contribution is 0.0697. The van der Waals surface area contributed by atoms with Crippen LogP contribution in [-0.2, 0) is 0 Å². The van der Waals surface area contributed by atoms with E-state index >= 15 is 0 Å². The van der Waals surface area contributed by atoms with E-state index in [4.69, 9.17) is 0 Å². The van der Waals surface area contributed by atoms with Gasteiger partial charge in [0.25, 0.3) is 5.91 Å². The Balaban J connectivity index is 2.21. The van der Waals surface area contributed by atoms with E-state index < -0.39 is 0 Å². The van der Waals surface area contributed by atoms with Gasteiger partial charge in [-0.2, -0.15) is 0 Å². The summed E-state index contributed by atoms with van der Waals surface area (Å²) in [6, 6.07) is 3.90. The van der Waals surface area contributed by atoms with E-state index in [0.717, 1.165) is 32.6 Å². The van der Waals surface area contributed by atoms with E-state index in [0.29, 0.717) is 11.4 Å². The van der Waals surface area contributed by atoms with Gasteiger partial charge >= 0.3 is 0 Å². The number of pyridine rings is 1. The standard InChI is InChI=1S/C15H24N4O/c1-4-16-14-13(7-5-8-17-14)15(20)19-10-6-9-18(3)11-12(19)2/h5,7-8,12H,4,6,9-11H2,1-3H3,(H,16,17). The second-order valence-electron chi connectivity index (χ2n) is 5.39. The molecule has 1 aromatic rings. The second kappa shape index (κ2) is 6.70. The Morgan fingerprint density at radius 2 is 2.30 bits per heavy atom. The van der Waals surface area contributed by atoms with Crippen LogP contribution in [-0.4, -0.2) is 60.0 Å². The highest BCUT2D eigenvalue weighted by Gasteiger charge is 2.26. The number of hydrogen-bond donors (Lipinski definition) is 1. The van der Waals surface area contributed by atoms with E-state index in [1.54, 1.807) is 6.20 Å². The fraction of sp³-hybridized carbons (Fsp3) is 0.600. The number of carbonyl (C=O) groups excluding carboxylic acids is 1. The van der Waals surface area contributed by atoms with Crippen LogP contribution in [0.4, 0.5) is 5.82 Å². The largest absolute Gasteiger partial charge is 0.370 e. The quantitative estimate of drug-likeness (QED) is 0.912. The van der Waals surface area contributed by atoms with Crippen molar-refractivity contribution in [2.75, 3.05) is 38.5 Å².